The van der Waals surface area contributed by atoms with Crippen molar-refractivity contribution in [3.8, 4) is 10.8 Å². The van der Waals surface area contributed by atoms with Crippen LogP contribution in [0.3, 0.4) is 0 Å². The molecule has 1 fully saturated rings. The molecule has 2 aromatic rings. The number of hydrogen-bond donors (Lipinski definition) is 2. The molecule has 8 nitrogen and oxygen atoms in total. The van der Waals surface area contributed by atoms with Crippen LogP contribution in [-0.4, -0.2) is 53.7 Å². The maximum absolute atomic E-state index is 12.0. The highest BCUT2D eigenvalue weighted by atomic mass is 32.1. The average Bonchev–Trinajstić information content (AvgIpc) is 3.22. The van der Waals surface area contributed by atoms with Gasteiger partial charge >= 0.3 is 6.09 Å². The van der Waals surface area contributed by atoms with Gasteiger partial charge in [-0.1, -0.05) is 6.07 Å². The minimum absolute atomic E-state index is 0.141. The maximum atomic E-state index is 12.0. The molecular formula is C18H25N5O3S. The SMILES string of the molecule is CN=C(NCc1coc(-c2cccs2)n1)NC1CN(C(=O)OC(C)(C)C)C1. The molecule has 0 saturated carbocycles. The van der Waals surface area contributed by atoms with Crippen LogP contribution in [0.1, 0.15) is 26.5 Å². The van der Waals surface area contributed by atoms with Crippen LogP contribution in [0.2, 0.25) is 0 Å². The lowest BCUT2D eigenvalue weighted by molar-refractivity contribution is 0.00701. The van der Waals surface area contributed by atoms with Crippen molar-refractivity contribution in [1.82, 2.24) is 20.5 Å². The normalized spacial score (nSPS) is 15.4. The number of oxazole rings is 1. The lowest BCUT2D eigenvalue weighted by Crippen LogP contribution is -2.63. The van der Waals surface area contributed by atoms with Crippen molar-refractivity contribution >= 4 is 23.4 Å². The Kier molecular flexibility index (Phi) is 5.69. The molecule has 0 radical (unpaired) electrons. The molecule has 1 amide bonds. The van der Waals surface area contributed by atoms with E-state index in [0.29, 0.717) is 31.5 Å². The highest BCUT2D eigenvalue weighted by molar-refractivity contribution is 7.13. The van der Waals surface area contributed by atoms with Gasteiger partial charge in [0, 0.05) is 20.1 Å². The molecule has 2 aromatic heterocycles. The predicted molar refractivity (Wildman–Crippen MR) is 105 cm³/mol. The van der Waals surface area contributed by atoms with Crippen molar-refractivity contribution in [2.75, 3.05) is 20.1 Å². The predicted octanol–water partition coefficient (Wildman–Crippen LogP) is 2.69. The van der Waals surface area contributed by atoms with Crippen LogP contribution in [0, 0.1) is 0 Å². The number of aromatic nitrogens is 1. The van der Waals surface area contributed by atoms with E-state index in [0.717, 1.165) is 10.6 Å². The number of nitrogens with zero attached hydrogens (tertiary/aromatic N) is 3. The standard InChI is InChI=1S/C18H25N5O3S/c1-18(2,3)26-17(24)23-9-13(10-23)22-16(19-4)20-8-12-11-25-15(21-12)14-6-5-7-27-14/h5-7,11,13H,8-10H2,1-4H3,(H2,19,20,22). The van der Waals surface area contributed by atoms with E-state index in [4.69, 9.17) is 9.15 Å². The number of rotatable bonds is 4. The minimum atomic E-state index is -0.479. The second-order valence-corrected chi connectivity index (χ2v) is 8.22. The van der Waals surface area contributed by atoms with E-state index in [1.807, 2.05) is 38.3 Å². The first-order valence-corrected chi connectivity index (χ1v) is 9.65. The fraction of sp³-hybridized carbons (Fsp3) is 0.500. The lowest BCUT2D eigenvalue weighted by Gasteiger charge is -2.40. The summed E-state index contributed by atoms with van der Waals surface area (Å²) in [5, 5.41) is 8.49. The Balaban J connectivity index is 1.43. The van der Waals surface area contributed by atoms with Crippen molar-refractivity contribution in [2.45, 2.75) is 39.0 Å². The molecule has 0 atom stereocenters. The monoisotopic (exact) mass is 391 g/mol. The summed E-state index contributed by atoms with van der Waals surface area (Å²) in [4.78, 5) is 23.3. The van der Waals surface area contributed by atoms with Gasteiger partial charge in [-0.05, 0) is 32.2 Å². The smallest absolute Gasteiger partial charge is 0.410 e. The second-order valence-electron chi connectivity index (χ2n) is 7.27. The van der Waals surface area contributed by atoms with E-state index in [1.54, 1.807) is 29.5 Å². The van der Waals surface area contributed by atoms with Crippen molar-refractivity contribution in [2.24, 2.45) is 4.99 Å². The average molecular weight is 391 g/mol. The molecule has 9 heteroatoms. The first-order chi connectivity index (χ1) is 12.8. The number of likely N-dealkylation sites (tertiary alicyclic amines) is 1. The van der Waals surface area contributed by atoms with Crippen LogP contribution in [0.25, 0.3) is 10.8 Å². The van der Waals surface area contributed by atoms with Gasteiger partial charge in [-0.3, -0.25) is 4.99 Å². The van der Waals surface area contributed by atoms with Crippen LogP contribution in [0.5, 0.6) is 0 Å². The van der Waals surface area contributed by atoms with Gasteiger partial charge in [0.2, 0.25) is 5.89 Å². The summed E-state index contributed by atoms with van der Waals surface area (Å²) in [7, 11) is 1.71. The zero-order chi connectivity index (χ0) is 19.4. The Morgan fingerprint density at radius 3 is 2.89 bits per heavy atom. The number of carbonyl (C=O) groups excluding carboxylic acids is 1. The van der Waals surface area contributed by atoms with Gasteiger partial charge < -0.3 is 24.7 Å². The molecule has 0 aliphatic carbocycles. The topological polar surface area (TPSA) is 92.0 Å². The first-order valence-electron chi connectivity index (χ1n) is 8.77. The number of nitrogens with one attached hydrogen (secondary N) is 2. The van der Waals surface area contributed by atoms with Crippen molar-refractivity contribution in [1.29, 1.82) is 0 Å². The molecule has 0 bridgehead atoms. The molecule has 2 N–H and O–H groups in total. The molecule has 1 aliphatic rings. The number of hydrogen-bond acceptors (Lipinski definition) is 6. The summed E-state index contributed by atoms with van der Waals surface area (Å²) in [6.07, 6.45) is 1.36. The fourth-order valence-electron chi connectivity index (χ4n) is 2.51. The van der Waals surface area contributed by atoms with Gasteiger partial charge in [-0.2, -0.15) is 0 Å². The van der Waals surface area contributed by atoms with E-state index in [9.17, 15) is 4.79 Å². The van der Waals surface area contributed by atoms with E-state index in [1.165, 1.54) is 0 Å². The summed E-state index contributed by atoms with van der Waals surface area (Å²) >= 11 is 1.59. The quantitative estimate of drug-likeness (QED) is 0.615. The van der Waals surface area contributed by atoms with Crippen LogP contribution in [0.4, 0.5) is 4.79 Å². The molecular weight excluding hydrogens is 366 g/mol. The van der Waals surface area contributed by atoms with Crippen LogP contribution < -0.4 is 10.6 Å². The van der Waals surface area contributed by atoms with E-state index in [2.05, 4.69) is 20.6 Å². The highest BCUT2D eigenvalue weighted by Crippen LogP contribution is 2.23. The van der Waals surface area contributed by atoms with Gasteiger partial charge in [-0.25, -0.2) is 9.78 Å². The zero-order valence-corrected chi connectivity index (χ0v) is 16.8. The van der Waals surface area contributed by atoms with Gasteiger partial charge in [0.1, 0.15) is 11.9 Å². The van der Waals surface area contributed by atoms with Crippen LogP contribution >= 0.6 is 11.3 Å². The van der Waals surface area contributed by atoms with Gasteiger partial charge in [-0.15, -0.1) is 11.3 Å². The van der Waals surface area contributed by atoms with Crippen molar-refractivity contribution < 1.29 is 13.9 Å². The molecule has 0 unspecified atom stereocenters. The molecule has 1 saturated heterocycles. The number of thiophene rings is 1. The Morgan fingerprint density at radius 1 is 1.48 bits per heavy atom. The Bertz CT molecular complexity index is 788. The first kappa shape index (κ1) is 19.2. The third kappa shape index (κ3) is 5.22. The zero-order valence-electron chi connectivity index (χ0n) is 16.0. The molecule has 146 valence electrons. The Labute approximate surface area is 162 Å². The fourth-order valence-corrected chi connectivity index (χ4v) is 3.16. The van der Waals surface area contributed by atoms with E-state index >= 15 is 0 Å². The summed E-state index contributed by atoms with van der Waals surface area (Å²) < 4.78 is 10.9. The molecule has 1 aliphatic heterocycles. The summed E-state index contributed by atoms with van der Waals surface area (Å²) in [6.45, 7) is 7.25. The molecule has 0 spiro atoms. The Morgan fingerprint density at radius 2 is 2.26 bits per heavy atom. The second kappa shape index (κ2) is 7.99. The van der Waals surface area contributed by atoms with Crippen LogP contribution in [-0.2, 0) is 11.3 Å². The van der Waals surface area contributed by atoms with Crippen molar-refractivity contribution in [3.63, 3.8) is 0 Å². The molecule has 0 aromatic carbocycles. The summed E-state index contributed by atoms with van der Waals surface area (Å²) in [6, 6.07) is 4.08. The number of carbonyl (C=O) groups is 1. The largest absolute Gasteiger partial charge is 0.444 e. The van der Waals surface area contributed by atoms with Crippen molar-refractivity contribution in [3.05, 3.63) is 29.5 Å². The third-order valence-electron chi connectivity index (χ3n) is 3.82. The maximum Gasteiger partial charge on any atom is 0.410 e. The van der Waals surface area contributed by atoms with E-state index in [-0.39, 0.29) is 12.1 Å². The molecule has 27 heavy (non-hydrogen) atoms. The van der Waals surface area contributed by atoms with Gasteiger partial charge in [0.15, 0.2) is 5.96 Å². The summed E-state index contributed by atoms with van der Waals surface area (Å²) in [5.74, 6) is 1.28. The summed E-state index contributed by atoms with van der Waals surface area (Å²) in [5.41, 5.74) is 0.317. The molecule has 3 heterocycles. The number of ether oxygens (including phenoxy) is 1. The van der Waals surface area contributed by atoms with Gasteiger partial charge in [0.05, 0.1) is 23.2 Å². The number of guanidine groups is 1. The Hall–Kier alpha value is -2.55. The highest BCUT2D eigenvalue weighted by Gasteiger charge is 2.34. The number of aliphatic imine (C=N–C) groups is 1. The minimum Gasteiger partial charge on any atom is -0.444 e. The molecule has 3 rings (SSSR count). The lowest BCUT2D eigenvalue weighted by atomic mass is 10.1. The number of amides is 1. The third-order valence-corrected chi connectivity index (χ3v) is 4.68. The van der Waals surface area contributed by atoms with E-state index < -0.39 is 5.60 Å². The van der Waals surface area contributed by atoms with Crippen LogP contribution in [0.15, 0.2) is 33.2 Å². The van der Waals surface area contributed by atoms with Gasteiger partial charge in [0.25, 0.3) is 0 Å².